The van der Waals surface area contributed by atoms with Crippen molar-refractivity contribution in [1.82, 2.24) is 4.98 Å². The Morgan fingerprint density at radius 3 is 2.65 bits per heavy atom. The molecule has 0 spiro atoms. The molecule has 0 N–H and O–H groups in total. The molecule has 122 valence electrons. The molecule has 1 heterocycles. The quantitative estimate of drug-likeness (QED) is 0.652. The summed E-state index contributed by atoms with van der Waals surface area (Å²) in [5.41, 5.74) is 1.77. The van der Waals surface area contributed by atoms with Gasteiger partial charge in [-0.3, -0.25) is 0 Å². The number of hydrogen-bond donors (Lipinski definition) is 0. The predicted octanol–water partition coefficient (Wildman–Crippen LogP) is 3.83. The molecule has 6 heteroatoms. The molecule has 5 nitrogen and oxygen atoms in total. The maximum Gasteiger partial charge on any atom is 0.220 e. The van der Waals surface area contributed by atoms with Gasteiger partial charge in [-0.1, -0.05) is 18.1 Å². The van der Waals surface area contributed by atoms with Crippen molar-refractivity contribution in [2.24, 2.45) is 0 Å². The highest BCUT2D eigenvalue weighted by Crippen LogP contribution is 2.20. The number of methoxy groups -OCH3 is 2. The van der Waals surface area contributed by atoms with Crippen LogP contribution in [0.2, 0.25) is 0 Å². The Morgan fingerprint density at radius 2 is 2.00 bits per heavy atom. The van der Waals surface area contributed by atoms with E-state index < -0.39 is 0 Å². The Labute approximate surface area is 144 Å². The van der Waals surface area contributed by atoms with E-state index in [1.165, 1.54) is 0 Å². The number of ether oxygens (including phenoxy) is 3. The van der Waals surface area contributed by atoms with Crippen LogP contribution in [0.4, 0.5) is 0 Å². The number of aromatic nitrogens is 1. The second-order valence-corrected chi connectivity index (χ2v) is 5.10. The predicted molar refractivity (Wildman–Crippen MR) is 89.1 cm³/mol. The number of rotatable bonds is 8. The molecule has 0 saturated heterocycles. The van der Waals surface area contributed by atoms with Crippen LogP contribution in [0.5, 0.6) is 5.75 Å². The topological polar surface area (TPSA) is 53.7 Å². The van der Waals surface area contributed by atoms with E-state index in [4.69, 9.17) is 18.6 Å². The van der Waals surface area contributed by atoms with Crippen molar-refractivity contribution in [2.75, 3.05) is 14.2 Å². The fraction of sp³-hybridized carbons (Fsp3) is 0.353. The van der Waals surface area contributed by atoms with Gasteiger partial charge in [0.1, 0.15) is 30.4 Å². The fourth-order valence-electron chi connectivity index (χ4n) is 1.96. The van der Waals surface area contributed by atoms with Crippen LogP contribution in [0.25, 0.3) is 0 Å². The fourth-order valence-corrected chi connectivity index (χ4v) is 2.12. The van der Waals surface area contributed by atoms with Gasteiger partial charge in [-0.2, -0.15) is 0 Å². The van der Waals surface area contributed by atoms with Crippen molar-refractivity contribution in [3.05, 3.63) is 47.7 Å². The zero-order chi connectivity index (χ0) is 16.5. The summed E-state index contributed by atoms with van der Waals surface area (Å²) in [6.45, 7) is 0.775. The summed E-state index contributed by atoms with van der Waals surface area (Å²) in [5, 5.41) is 0. The molecule has 0 aliphatic heterocycles. The number of hydrogen-bond acceptors (Lipinski definition) is 5. The molecule has 0 aliphatic carbocycles. The third-order valence-corrected chi connectivity index (χ3v) is 3.47. The lowest BCUT2D eigenvalue weighted by Crippen LogP contribution is -2.01. The first kappa shape index (κ1) is 17.5. The van der Waals surface area contributed by atoms with Gasteiger partial charge in [-0.15, -0.1) is 0 Å². The second-order valence-electron chi connectivity index (χ2n) is 4.71. The molecule has 2 rings (SSSR count). The van der Waals surface area contributed by atoms with Crippen LogP contribution < -0.4 is 4.74 Å². The summed E-state index contributed by atoms with van der Waals surface area (Å²) in [7, 11) is 3.26. The van der Waals surface area contributed by atoms with Crippen LogP contribution >= 0.6 is 15.9 Å². The Balaban J connectivity index is 1.84. The van der Waals surface area contributed by atoms with Crippen LogP contribution in [-0.2, 0) is 22.7 Å². The lowest BCUT2D eigenvalue weighted by atomic mass is 10.2. The third kappa shape index (κ3) is 5.39. The molecule has 2 aromatic rings. The molecule has 0 bridgehead atoms. The normalized spacial score (nSPS) is 11.6. The molecule has 1 atom stereocenters. The van der Waals surface area contributed by atoms with Gasteiger partial charge in [-0.05, 0) is 22.5 Å². The number of nitrogens with zero attached hydrogens (tertiary/aromatic N) is 1. The second kappa shape index (κ2) is 9.36. The van der Waals surface area contributed by atoms with E-state index >= 15 is 0 Å². The number of oxazole rings is 1. The van der Waals surface area contributed by atoms with Crippen LogP contribution in [-0.4, -0.2) is 19.2 Å². The molecule has 0 unspecified atom stereocenters. The maximum absolute atomic E-state index is 5.61. The molecule has 23 heavy (non-hydrogen) atoms. The van der Waals surface area contributed by atoms with Crippen LogP contribution in [0.15, 0.2) is 34.9 Å². The molecule has 0 radical (unpaired) electrons. The number of halogens is 1. The van der Waals surface area contributed by atoms with E-state index in [9.17, 15) is 0 Å². The summed E-state index contributed by atoms with van der Waals surface area (Å²) < 4.78 is 21.5. The van der Waals surface area contributed by atoms with Gasteiger partial charge in [-0.25, -0.2) is 4.98 Å². The van der Waals surface area contributed by atoms with Gasteiger partial charge < -0.3 is 18.6 Å². The summed E-state index contributed by atoms with van der Waals surface area (Å²) in [6, 6.07) is 7.71. The molecule has 1 aromatic heterocycles. The Bertz CT molecular complexity index is 657. The molecule has 0 amide bonds. The van der Waals surface area contributed by atoms with Crippen LogP contribution in [0.3, 0.4) is 0 Å². The van der Waals surface area contributed by atoms with Crippen molar-refractivity contribution in [3.8, 4) is 16.5 Å². The first-order chi connectivity index (χ1) is 11.3. The summed E-state index contributed by atoms with van der Waals surface area (Å²) in [6.07, 6.45) is 1.91. The minimum Gasteiger partial charge on any atom is -0.497 e. The molecular formula is C17H18BrNO4. The van der Waals surface area contributed by atoms with Crippen LogP contribution in [0.1, 0.15) is 29.7 Å². The van der Waals surface area contributed by atoms with Crippen molar-refractivity contribution < 1.29 is 18.6 Å². The summed E-state index contributed by atoms with van der Waals surface area (Å²) >= 11 is 3.06. The minimum atomic E-state index is -0.209. The van der Waals surface area contributed by atoms with E-state index in [1.54, 1.807) is 20.5 Å². The smallest absolute Gasteiger partial charge is 0.220 e. The molecule has 0 saturated carbocycles. The highest BCUT2D eigenvalue weighted by atomic mass is 79.9. The summed E-state index contributed by atoms with van der Waals surface area (Å²) in [4.78, 5) is 7.03. The Kier molecular flexibility index (Phi) is 7.14. The van der Waals surface area contributed by atoms with Crippen molar-refractivity contribution in [1.29, 1.82) is 0 Å². The van der Waals surface area contributed by atoms with Crippen molar-refractivity contribution in [2.45, 2.75) is 25.7 Å². The highest BCUT2D eigenvalue weighted by Gasteiger charge is 2.14. The van der Waals surface area contributed by atoms with Gasteiger partial charge in [0.25, 0.3) is 0 Å². The maximum atomic E-state index is 5.61. The molecule has 0 aliphatic rings. The van der Waals surface area contributed by atoms with E-state index in [2.05, 4.69) is 31.7 Å². The lowest BCUT2D eigenvalue weighted by Gasteiger charge is -2.07. The summed E-state index contributed by atoms with van der Waals surface area (Å²) in [5.74, 6) is 4.24. The molecular weight excluding hydrogens is 362 g/mol. The van der Waals surface area contributed by atoms with Gasteiger partial charge in [0.05, 0.1) is 13.7 Å². The van der Waals surface area contributed by atoms with Crippen molar-refractivity contribution >= 4 is 15.9 Å². The van der Waals surface area contributed by atoms with Gasteiger partial charge >= 0.3 is 0 Å². The first-order valence-corrected chi connectivity index (χ1v) is 7.82. The van der Waals surface area contributed by atoms with Gasteiger partial charge in [0.15, 0.2) is 0 Å². The minimum absolute atomic E-state index is 0.209. The lowest BCUT2D eigenvalue weighted by molar-refractivity contribution is 0.0889. The largest absolute Gasteiger partial charge is 0.497 e. The molecule has 0 fully saturated rings. The monoisotopic (exact) mass is 379 g/mol. The van der Waals surface area contributed by atoms with E-state index in [-0.39, 0.29) is 6.10 Å². The zero-order valence-corrected chi connectivity index (χ0v) is 14.6. The average molecular weight is 380 g/mol. The van der Waals surface area contributed by atoms with E-state index in [0.29, 0.717) is 31.2 Å². The Morgan fingerprint density at radius 1 is 1.22 bits per heavy atom. The standard InChI is InChI=1S/C17H18BrNO4/c1-20-14-7-5-13(6-8-14)10-22-12-17-19-15(11-23-17)16(21-2)4-3-9-18/h5-8,11,16H,4,10,12H2,1-2H3/t16-/m0/s1. The van der Waals surface area contributed by atoms with Crippen molar-refractivity contribution in [3.63, 3.8) is 0 Å². The Hall–Kier alpha value is -1.81. The number of benzene rings is 1. The SMILES string of the molecule is COc1ccc(COCc2nc([C@H](CC#CBr)OC)co2)cc1. The average Bonchev–Trinajstić information content (AvgIpc) is 3.05. The zero-order valence-electron chi connectivity index (χ0n) is 13.0. The third-order valence-electron chi connectivity index (χ3n) is 3.19. The van der Waals surface area contributed by atoms with E-state index in [0.717, 1.165) is 11.3 Å². The first-order valence-electron chi connectivity index (χ1n) is 7.03. The van der Waals surface area contributed by atoms with Crippen LogP contribution in [0, 0.1) is 10.8 Å². The molecule has 1 aromatic carbocycles. The van der Waals surface area contributed by atoms with E-state index in [1.807, 2.05) is 24.3 Å². The highest BCUT2D eigenvalue weighted by molar-refractivity contribution is 9.12. The van der Waals surface area contributed by atoms with Gasteiger partial charge in [0, 0.05) is 29.5 Å². The van der Waals surface area contributed by atoms with Gasteiger partial charge in [0.2, 0.25) is 5.89 Å².